The first-order chi connectivity index (χ1) is 9.67. The first kappa shape index (κ1) is 12.8. The standard InChI is InChI=1S/C14H19N5O/c1-16-13(20)9-4-6-19(7-5-9)14-17-11-3-2-10(15)8-12(11)18-14/h2-3,8-9H,4-7,15H2,1H3,(H,16,20)(H,17,18). The molecule has 2 aromatic rings. The second-order valence-electron chi connectivity index (χ2n) is 5.21. The molecule has 1 aliphatic rings. The number of carbonyl (C=O) groups is 1. The largest absolute Gasteiger partial charge is 0.399 e. The minimum atomic E-state index is 0.122. The number of nitrogen functional groups attached to an aromatic ring is 1. The summed E-state index contributed by atoms with van der Waals surface area (Å²) in [5.74, 6) is 1.12. The maximum atomic E-state index is 11.6. The van der Waals surface area contributed by atoms with Crippen LogP contribution in [-0.4, -0.2) is 36.0 Å². The van der Waals surface area contributed by atoms with Crippen molar-refractivity contribution in [3.05, 3.63) is 18.2 Å². The fourth-order valence-corrected chi connectivity index (χ4v) is 2.72. The van der Waals surface area contributed by atoms with E-state index in [1.54, 1.807) is 7.05 Å². The van der Waals surface area contributed by atoms with Crippen LogP contribution in [0.25, 0.3) is 11.0 Å². The number of carbonyl (C=O) groups excluding carboxylic acids is 1. The molecular weight excluding hydrogens is 254 g/mol. The van der Waals surface area contributed by atoms with Crippen LogP contribution < -0.4 is 16.0 Å². The van der Waals surface area contributed by atoms with Gasteiger partial charge in [0.05, 0.1) is 11.0 Å². The third-order valence-corrected chi connectivity index (χ3v) is 3.91. The molecule has 1 aromatic heterocycles. The Hall–Kier alpha value is -2.24. The van der Waals surface area contributed by atoms with Gasteiger partial charge in [-0.1, -0.05) is 0 Å². The Bertz CT molecular complexity index is 628. The average Bonchev–Trinajstić information content (AvgIpc) is 2.89. The van der Waals surface area contributed by atoms with Gasteiger partial charge in [-0.2, -0.15) is 0 Å². The molecule has 6 heteroatoms. The summed E-state index contributed by atoms with van der Waals surface area (Å²) in [6.45, 7) is 1.68. The molecule has 4 N–H and O–H groups in total. The van der Waals surface area contributed by atoms with Crippen LogP contribution in [0.3, 0.4) is 0 Å². The van der Waals surface area contributed by atoms with Crippen molar-refractivity contribution in [1.29, 1.82) is 0 Å². The lowest BCUT2D eigenvalue weighted by atomic mass is 9.96. The molecule has 1 aliphatic heterocycles. The van der Waals surface area contributed by atoms with Crippen molar-refractivity contribution in [2.24, 2.45) is 5.92 Å². The van der Waals surface area contributed by atoms with E-state index in [1.807, 2.05) is 18.2 Å². The molecule has 6 nitrogen and oxygen atoms in total. The second kappa shape index (κ2) is 5.03. The Morgan fingerprint density at radius 1 is 1.45 bits per heavy atom. The Labute approximate surface area is 117 Å². The number of rotatable bonds is 2. The third kappa shape index (κ3) is 2.29. The van der Waals surface area contributed by atoms with Gasteiger partial charge in [-0.3, -0.25) is 4.79 Å². The molecule has 0 unspecified atom stereocenters. The lowest BCUT2D eigenvalue weighted by Crippen LogP contribution is -2.40. The molecule has 1 saturated heterocycles. The van der Waals surface area contributed by atoms with Gasteiger partial charge >= 0.3 is 0 Å². The summed E-state index contributed by atoms with van der Waals surface area (Å²) in [4.78, 5) is 21.7. The summed E-state index contributed by atoms with van der Waals surface area (Å²) in [5, 5.41) is 2.72. The van der Waals surface area contributed by atoms with E-state index < -0.39 is 0 Å². The van der Waals surface area contributed by atoms with Crippen LogP contribution in [0.2, 0.25) is 0 Å². The normalized spacial score (nSPS) is 16.6. The summed E-state index contributed by atoms with van der Waals surface area (Å²) in [6.07, 6.45) is 1.72. The minimum absolute atomic E-state index is 0.122. The fraction of sp³-hybridized carbons (Fsp3) is 0.429. The molecule has 0 saturated carbocycles. The lowest BCUT2D eigenvalue weighted by Gasteiger charge is -2.30. The number of nitrogens with one attached hydrogen (secondary N) is 2. The number of aromatic nitrogens is 2. The van der Waals surface area contributed by atoms with E-state index in [0.717, 1.165) is 48.6 Å². The van der Waals surface area contributed by atoms with Gasteiger partial charge in [-0.15, -0.1) is 0 Å². The fourth-order valence-electron chi connectivity index (χ4n) is 2.72. The summed E-state index contributed by atoms with van der Waals surface area (Å²) in [6, 6.07) is 5.66. The number of anilines is 2. The molecular formula is C14H19N5O. The van der Waals surface area contributed by atoms with Crippen LogP contribution in [0.4, 0.5) is 11.6 Å². The number of aromatic amines is 1. The summed E-state index contributed by atoms with van der Waals surface area (Å²) in [5.41, 5.74) is 8.37. The van der Waals surface area contributed by atoms with Gasteiger partial charge in [0, 0.05) is 31.7 Å². The number of amides is 1. The highest BCUT2D eigenvalue weighted by Gasteiger charge is 2.25. The van der Waals surface area contributed by atoms with Crippen LogP contribution in [0.5, 0.6) is 0 Å². The van der Waals surface area contributed by atoms with Crippen molar-refractivity contribution in [2.75, 3.05) is 30.8 Å². The van der Waals surface area contributed by atoms with E-state index in [9.17, 15) is 4.79 Å². The average molecular weight is 273 g/mol. The van der Waals surface area contributed by atoms with Gasteiger partial charge in [-0.05, 0) is 31.0 Å². The number of nitrogens with two attached hydrogens (primary N) is 1. The highest BCUT2D eigenvalue weighted by Crippen LogP contribution is 2.24. The molecule has 106 valence electrons. The molecule has 3 rings (SSSR count). The second-order valence-corrected chi connectivity index (χ2v) is 5.21. The smallest absolute Gasteiger partial charge is 0.222 e. The van der Waals surface area contributed by atoms with E-state index in [1.165, 1.54) is 0 Å². The number of hydrogen-bond acceptors (Lipinski definition) is 4. The quantitative estimate of drug-likeness (QED) is 0.715. The van der Waals surface area contributed by atoms with Gasteiger partial charge in [0.15, 0.2) is 0 Å². The molecule has 0 spiro atoms. The number of hydrogen-bond donors (Lipinski definition) is 3. The van der Waals surface area contributed by atoms with Crippen molar-refractivity contribution < 1.29 is 4.79 Å². The summed E-state index contributed by atoms with van der Waals surface area (Å²) >= 11 is 0. The molecule has 20 heavy (non-hydrogen) atoms. The van der Waals surface area contributed by atoms with Crippen LogP contribution in [0.1, 0.15) is 12.8 Å². The van der Waals surface area contributed by atoms with Crippen molar-refractivity contribution in [3.63, 3.8) is 0 Å². The first-order valence-corrected chi connectivity index (χ1v) is 6.89. The van der Waals surface area contributed by atoms with Crippen LogP contribution in [0.15, 0.2) is 18.2 Å². The molecule has 0 atom stereocenters. The Balaban J connectivity index is 1.75. The number of benzene rings is 1. The molecule has 0 radical (unpaired) electrons. The monoisotopic (exact) mass is 273 g/mol. The highest BCUT2D eigenvalue weighted by molar-refractivity contribution is 5.81. The van der Waals surface area contributed by atoms with E-state index in [0.29, 0.717) is 0 Å². The number of H-pyrrole nitrogens is 1. The molecule has 0 bridgehead atoms. The Kier molecular flexibility index (Phi) is 3.22. The van der Waals surface area contributed by atoms with E-state index in [2.05, 4.69) is 20.2 Å². The number of nitrogens with zero attached hydrogens (tertiary/aromatic N) is 2. The van der Waals surface area contributed by atoms with Crippen molar-refractivity contribution in [1.82, 2.24) is 15.3 Å². The Morgan fingerprint density at radius 3 is 2.90 bits per heavy atom. The molecule has 0 aliphatic carbocycles. The van der Waals surface area contributed by atoms with Gasteiger partial charge in [0.2, 0.25) is 11.9 Å². The maximum Gasteiger partial charge on any atom is 0.222 e. The third-order valence-electron chi connectivity index (χ3n) is 3.91. The van der Waals surface area contributed by atoms with Gasteiger partial charge in [0.1, 0.15) is 0 Å². The zero-order valence-electron chi connectivity index (χ0n) is 11.5. The molecule has 1 aromatic carbocycles. The predicted octanol–water partition coefficient (Wildman–Crippen LogP) is 1.11. The molecule has 1 fully saturated rings. The minimum Gasteiger partial charge on any atom is -0.399 e. The van der Waals surface area contributed by atoms with Gasteiger partial charge in [0.25, 0.3) is 0 Å². The molecule has 2 heterocycles. The summed E-state index contributed by atoms with van der Waals surface area (Å²) in [7, 11) is 1.69. The number of fused-ring (bicyclic) bond motifs is 1. The van der Waals surface area contributed by atoms with E-state index >= 15 is 0 Å². The Morgan fingerprint density at radius 2 is 2.20 bits per heavy atom. The predicted molar refractivity (Wildman–Crippen MR) is 79.5 cm³/mol. The topological polar surface area (TPSA) is 87.0 Å². The highest BCUT2D eigenvalue weighted by atomic mass is 16.1. The zero-order valence-corrected chi connectivity index (χ0v) is 11.5. The van der Waals surface area contributed by atoms with Crippen LogP contribution in [-0.2, 0) is 4.79 Å². The maximum absolute atomic E-state index is 11.6. The van der Waals surface area contributed by atoms with Crippen molar-refractivity contribution >= 4 is 28.6 Å². The van der Waals surface area contributed by atoms with Crippen LogP contribution in [0, 0.1) is 5.92 Å². The molecule has 1 amide bonds. The van der Waals surface area contributed by atoms with Crippen LogP contribution >= 0.6 is 0 Å². The van der Waals surface area contributed by atoms with Gasteiger partial charge < -0.3 is 20.9 Å². The number of piperidine rings is 1. The van der Waals surface area contributed by atoms with Gasteiger partial charge in [-0.25, -0.2) is 4.98 Å². The van der Waals surface area contributed by atoms with Crippen molar-refractivity contribution in [2.45, 2.75) is 12.8 Å². The number of imidazole rings is 1. The van der Waals surface area contributed by atoms with E-state index in [4.69, 9.17) is 5.73 Å². The van der Waals surface area contributed by atoms with E-state index in [-0.39, 0.29) is 11.8 Å². The SMILES string of the molecule is CNC(=O)C1CCN(c2nc3ccc(N)cc3[nH]2)CC1. The first-order valence-electron chi connectivity index (χ1n) is 6.89. The zero-order chi connectivity index (χ0) is 14.1. The summed E-state index contributed by atoms with van der Waals surface area (Å²) < 4.78 is 0. The van der Waals surface area contributed by atoms with Crippen molar-refractivity contribution in [3.8, 4) is 0 Å². The lowest BCUT2D eigenvalue weighted by molar-refractivity contribution is -0.125.